The van der Waals surface area contributed by atoms with Gasteiger partial charge < -0.3 is 5.32 Å². The van der Waals surface area contributed by atoms with E-state index in [4.69, 9.17) is 4.98 Å². The molecule has 24 heavy (non-hydrogen) atoms. The Bertz CT molecular complexity index is 895. The molecule has 0 atom stereocenters. The number of nitrogens with one attached hydrogen (secondary N) is 1. The van der Waals surface area contributed by atoms with E-state index in [0.29, 0.717) is 11.6 Å². The van der Waals surface area contributed by atoms with E-state index in [1.165, 1.54) is 5.56 Å². The van der Waals surface area contributed by atoms with Gasteiger partial charge in [-0.1, -0.05) is 49.4 Å². The third-order valence-electron chi connectivity index (χ3n) is 4.53. The van der Waals surface area contributed by atoms with Crippen molar-refractivity contribution in [1.82, 2.24) is 10.3 Å². The number of nitrogens with zero attached hydrogens (tertiary/aromatic N) is 1. The molecule has 1 aliphatic rings. The Morgan fingerprint density at radius 2 is 1.88 bits per heavy atom. The van der Waals surface area contributed by atoms with Gasteiger partial charge in [-0.15, -0.1) is 0 Å². The van der Waals surface area contributed by atoms with Crippen LogP contribution in [0.4, 0.5) is 0 Å². The number of aromatic nitrogens is 1. The van der Waals surface area contributed by atoms with Crippen LogP contribution < -0.4 is 5.32 Å². The van der Waals surface area contributed by atoms with E-state index in [1.54, 1.807) is 0 Å². The van der Waals surface area contributed by atoms with Crippen LogP contribution in [0.15, 0.2) is 54.6 Å². The van der Waals surface area contributed by atoms with Crippen molar-refractivity contribution in [2.24, 2.45) is 0 Å². The number of carbonyl (C=O) groups is 1. The summed E-state index contributed by atoms with van der Waals surface area (Å²) in [6.45, 7) is 2.14. The number of amides is 1. The number of benzene rings is 2. The van der Waals surface area contributed by atoms with E-state index in [0.717, 1.165) is 41.4 Å². The van der Waals surface area contributed by atoms with E-state index in [2.05, 4.69) is 36.5 Å². The first-order valence-electron chi connectivity index (χ1n) is 8.54. The Balaban J connectivity index is 1.81. The lowest BCUT2D eigenvalue weighted by Crippen LogP contribution is -2.25. The van der Waals surface area contributed by atoms with Crippen LogP contribution in [-0.4, -0.2) is 16.9 Å². The Labute approximate surface area is 141 Å². The molecule has 3 nitrogen and oxygen atoms in total. The smallest absolute Gasteiger partial charge is 0.252 e. The van der Waals surface area contributed by atoms with Gasteiger partial charge in [0.25, 0.3) is 5.91 Å². The molecular weight excluding hydrogens is 296 g/mol. The number of carbonyl (C=O) groups excluding carboxylic acids is 1. The van der Waals surface area contributed by atoms with Gasteiger partial charge in [0.2, 0.25) is 0 Å². The highest BCUT2D eigenvalue weighted by molar-refractivity contribution is 6.07. The quantitative estimate of drug-likeness (QED) is 0.777. The molecule has 1 amide bonds. The van der Waals surface area contributed by atoms with E-state index < -0.39 is 0 Å². The Hall–Kier alpha value is -2.68. The summed E-state index contributed by atoms with van der Waals surface area (Å²) in [7, 11) is 0. The van der Waals surface area contributed by atoms with Gasteiger partial charge in [0.1, 0.15) is 0 Å². The highest BCUT2D eigenvalue weighted by Crippen LogP contribution is 2.26. The summed E-state index contributed by atoms with van der Waals surface area (Å²) in [6, 6.07) is 18.5. The monoisotopic (exact) mass is 316 g/mol. The fourth-order valence-electron chi connectivity index (χ4n) is 2.91. The van der Waals surface area contributed by atoms with E-state index in [-0.39, 0.29) is 5.91 Å². The number of aryl methyl sites for hydroxylation is 1. The minimum atomic E-state index is 0.00234. The Morgan fingerprint density at radius 3 is 2.58 bits per heavy atom. The predicted octanol–water partition coefficient (Wildman–Crippen LogP) is 4.36. The molecule has 0 saturated heterocycles. The Kier molecular flexibility index (Phi) is 3.77. The molecule has 120 valence electrons. The van der Waals surface area contributed by atoms with E-state index in [1.807, 2.05) is 30.3 Å². The largest absolute Gasteiger partial charge is 0.349 e. The third kappa shape index (κ3) is 2.90. The highest BCUT2D eigenvalue weighted by atomic mass is 16.1. The minimum absolute atomic E-state index is 0.00234. The fourth-order valence-corrected chi connectivity index (χ4v) is 2.91. The van der Waals surface area contributed by atoms with Gasteiger partial charge in [0.05, 0.1) is 16.8 Å². The van der Waals surface area contributed by atoms with Crippen LogP contribution in [0.1, 0.15) is 35.7 Å². The van der Waals surface area contributed by atoms with E-state index in [9.17, 15) is 4.79 Å². The van der Waals surface area contributed by atoms with Gasteiger partial charge in [0.15, 0.2) is 0 Å². The molecule has 3 aromatic rings. The van der Waals surface area contributed by atoms with Gasteiger partial charge in [-0.25, -0.2) is 4.98 Å². The molecule has 0 aliphatic heterocycles. The summed E-state index contributed by atoms with van der Waals surface area (Å²) >= 11 is 0. The summed E-state index contributed by atoms with van der Waals surface area (Å²) in [5.41, 5.74) is 4.75. The van der Waals surface area contributed by atoms with Crippen LogP contribution in [0.5, 0.6) is 0 Å². The predicted molar refractivity (Wildman–Crippen MR) is 97.0 cm³/mol. The van der Waals surface area contributed by atoms with Crippen molar-refractivity contribution < 1.29 is 4.79 Å². The average Bonchev–Trinajstić information content (AvgIpc) is 3.44. The maximum atomic E-state index is 12.7. The molecule has 3 heteroatoms. The molecule has 1 saturated carbocycles. The highest BCUT2D eigenvalue weighted by Gasteiger charge is 2.25. The van der Waals surface area contributed by atoms with E-state index >= 15 is 0 Å². The second kappa shape index (κ2) is 6.08. The van der Waals surface area contributed by atoms with Crippen LogP contribution in [0.3, 0.4) is 0 Å². The lowest BCUT2D eigenvalue weighted by molar-refractivity contribution is 0.0952. The van der Waals surface area contributed by atoms with Crippen LogP contribution in [-0.2, 0) is 6.42 Å². The number of hydrogen-bond acceptors (Lipinski definition) is 2. The number of hydrogen-bond donors (Lipinski definition) is 1. The number of rotatable bonds is 4. The molecule has 0 spiro atoms. The molecule has 1 N–H and O–H groups in total. The molecular formula is C21H20N2O. The van der Waals surface area contributed by atoms with Crippen molar-refractivity contribution in [3.63, 3.8) is 0 Å². The first-order chi connectivity index (χ1) is 11.7. The summed E-state index contributed by atoms with van der Waals surface area (Å²) in [4.78, 5) is 17.4. The standard InChI is InChI=1S/C21H20N2O/c1-2-14-7-9-15(10-8-14)20-13-18(21(24)22-16-11-12-16)17-5-3-4-6-19(17)23-20/h3-10,13,16H,2,11-12H2,1H3,(H,22,24). The molecule has 4 rings (SSSR count). The Morgan fingerprint density at radius 1 is 1.12 bits per heavy atom. The van der Waals surface area contributed by atoms with Gasteiger partial charge in [0, 0.05) is 17.0 Å². The first kappa shape index (κ1) is 14.9. The van der Waals surface area contributed by atoms with Gasteiger partial charge in [-0.2, -0.15) is 0 Å². The molecule has 1 heterocycles. The summed E-state index contributed by atoms with van der Waals surface area (Å²) in [5, 5.41) is 4.00. The van der Waals surface area contributed by atoms with Crippen molar-refractivity contribution in [1.29, 1.82) is 0 Å². The lowest BCUT2D eigenvalue weighted by atomic mass is 10.0. The number of fused-ring (bicyclic) bond motifs is 1. The number of para-hydroxylation sites is 1. The van der Waals surface area contributed by atoms with Crippen LogP contribution in [0.25, 0.3) is 22.2 Å². The average molecular weight is 316 g/mol. The summed E-state index contributed by atoms with van der Waals surface area (Å²) in [5.74, 6) is 0.00234. The van der Waals surface area contributed by atoms with Gasteiger partial charge >= 0.3 is 0 Å². The maximum Gasteiger partial charge on any atom is 0.252 e. The van der Waals surface area contributed by atoms with Crippen LogP contribution >= 0.6 is 0 Å². The molecule has 0 radical (unpaired) electrons. The molecule has 1 aliphatic carbocycles. The third-order valence-corrected chi connectivity index (χ3v) is 4.53. The molecule has 1 aromatic heterocycles. The van der Waals surface area contributed by atoms with Crippen LogP contribution in [0.2, 0.25) is 0 Å². The topological polar surface area (TPSA) is 42.0 Å². The SMILES string of the molecule is CCc1ccc(-c2cc(C(=O)NC3CC3)c3ccccc3n2)cc1. The number of pyridine rings is 1. The van der Waals surface area contributed by atoms with Crippen molar-refractivity contribution in [3.8, 4) is 11.3 Å². The molecule has 0 unspecified atom stereocenters. The van der Waals surface area contributed by atoms with Crippen molar-refractivity contribution in [3.05, 3.63) is 65.7 Å². The van der Waals surface area contributed by atoms with Crippen molar-refractivity contribution >= 4 is 16.8 Å². The lowest BCUT2D eigenvalue weighted by Gasteiger charge is -2.10. The second-order valence-electron chi connectivity index (χ2n) is 6.37. The van der Waals surface area contributed by atoms with Gasteiger partial charge in [-0.3, -0.25) is 4.79 Å². The summed E-state index contributed by atoms with van der Waals surface area (Å²) < 4.78 is 0. The normalized spacial score (nSPS) is 13.9. The van der Waals surface area contributed by atoms with Gasteiger partial charge in [-0.05, 0) is 37.0 Å². The maximum absolute atomic E-state index is 12.7. The second-order valence-corrected chi connectivity index (χ2v) is 6.37. The first-order valence-corrected chi connectivity index (χ1v) is 8.54. The van der Waals surface area contributed by atoms with Crippen molar-refractivity contribution in [2.45, 2.75) is 32.2 Å². The molecule has 1 fully saturated rings. The molecule has 0 bridgehead atoms. The summed E-state index contributed by atoms with van der Waals surface area (Å²) in [6.07, 6.45) is 3.18. The van der Waals surface area contributed by atoms with Crippen LogP contribution in [0, 0.1) is 0 Å². The molecule has 2 aromatic carbocycles. The fraction of sp³-hybridized carbons (Fsp3) is 0.238. The zero-order valence-corrected chi connectivity index (χ0v) is 13.8. The zero-order chi connectivity index (χ0) is 16.5. The minimum Gasteiger partial charge on any atom is -0.349 e. The zero-order valence-electron chi connectivity index (χ0n) is 13.8. The van der Waals surface area contributed by atoms with Crippen molar-refractivity contribution in [2.75, 3.05) is 0 Å².